The highest BCUT2D eigenvalue weighted by Gasteiger charge is 2.35. The summed E-state index contributed by atoms with van der Waals surface area (Å²) in [6.07, 6.45) is 3.72. The fourth-order valence-electron chi connectivity index (χ4n) is 2.84. The van der Waals surface area contributed by atoms with E-state index in [1.807, 2.05) is 30.3 Å². The molecule has 1 aliphatic heterocycles. The number of aromatic nitrogens is 2. The van der Waals surface area contributed by atoms with Crippen LogP contribution in [0.1, 0.15) is 6.42 Å². The minimum Gasteiger partial charge on any atom is -0.490 e. The van der Waals surface area contributed by atoms with Gasteiger partial charge in [-0.05, 0) is 41.8 Å². The average molecular weight is 374 g/mol. The van der Waals surface area contributed by atoms with Gasteiger partial charge in [0.1, 0.15) is 23.3 Å². The van der Waals surface area contributed by atoms with Crippen LogP contribution in [0.4, 0.5) is 15.9 Å². The maximum absolute atomic E-state index is 14.4. The summed E-state index contributed by atoms with van der Waals surface area (Å²) < 4.78 is 25.1. The largest absolute Gasteiger partial charge is 0.490 e. The van der Waals surface area contributed by atoms with Gasteiger partial charge in [-0.25, -0.2) is 14.4 Å². The molecule has 1 N–H and O–H groups in total. The molecular formula is C19H17ClFN3O2. The van der Waals surface area contributed by atoms with Gasteiger partial charge in [0.05, 0.1) is 18.5 Å². The summed E-state index contributed by atoms with van der Waals surface area (Å²) in [6.45, 7) is 0.524. The number of benzene rings is 1. The van der Waals surface area contributed by atoms with Gasteiger partial charge in [0.15, 0.2) is 5.67 Å². The van der Waals surface area contributed by atoms with E-state index in [2.05, 4.69) is 15.3 Å². The van der Waals surface area contributed by atoms with Crippen LogP contribution in [0, 0.1) is 0 Å². The van der Waals surface area contributed by atoms with Gasteiger partial charge in [-0.2, -0.15) is 0 Å². The van der Waals surface area contributed by atoms with Gasteiger partial charge in [0, 0.05) is 24.6 Å². The molecule has 1 aliphatic rings. The van der Waals surface area contributed by atoms with Crippen LogP contribution >= 0.6 is 11.6 Å². The molecule has 0 amide bonds. The van der Waals surface area contributed by atoms with E-state index in [4.69, 9.17) is 21.1 Å². The van der Waals surface area contributed by atoms with Crippen LogP contribution in [0.3, 0.4) is 0 Å². The molecule has 0 unspecified atom stereocenters. The molecule has 0 radical (unpaired) electrons. The number of nitrogens with one attached hydrogen (secondary N) is 1. The third-order valence-corrected chi connectivity index (χ3v) is 4.50. The molecule has 5 nitrogen and oxygen atoms in total. The van der Waals surface area contributed by atoms with Crippen LogP contribution < -0.4 is 10.1 Å². The molecule has 3 heterocycles. The number of anilines is 2. The van der Waals surface area contributed by atoms with Crippen molar-refractivity contribution < 1.29 is 13.9 Å². The van der Waals surface area contributed by atoms with Gasteiger partial charge in [-0.3, -0.25) is 0 Å². The molecule has 0 saturated carbocycles. The fourth-order valence-corrected chi connectivity index (χ4v) is 2.95. The van der Waals surface area contributed by atoms with Gasteiger partial charge < -0.3 is 14.8 Å². The number of pyridine rings is 2. The molecule has 1 aromatic carbocycles. The third kappa shape index (κ3) is 3.71. The summed E-state index contributed by atoms with van der Waals surface area (Å²) in [5.74, 6) is 1.32. The predicted molar refractivity (Wildman–Crippen MR) is 99.0 cm³/mol. The molecule has 3 aromatic rings. The van der Waals surface area contributed by atoms with Gasteiger partial charge in [-0.15, -0.1) is 0 Å². The number of nitrogens with zero attached hydrogens (tertiary/aromatic N) is 2. The van der Waals surface area contributed by atoms with Crippen molar-refractivity contribution >= 4 is 33.9 Å². The predicted octanol–water partition coefficient (Wildman–Crippen LogP) is 4.53. The van der Waals surface area contributed by atoms with E-state index >= 15 is 0 Å². The minimum atomic E-state index is -1.40. The Labute approximate surface area is 155 Å². The molecule has 134 valence electrons. The normalized spacial score (nSPS) is 19.6. The molecule has 4 rings (SSSR count). The summed E-state index contributed by atoms with van der Waals surface area (Å²) in [4.78, 5) is 8.43. The molecule has 0 spiro atoms. The number of halogens is 2. The van der Waals surface area contributed by atoms with Crippen LogP contribution in [-0.4, -0.2) is 35.5 Å². The fraction of sp³-hybridized carbons (Fsp3) is 0.263. The van der Waals surface area contributed by atoms with Gasteiger partial charge in [-0.1, -0.05) is 11.6 Å². The van der Waals surface area contributed by atoms with Crippen LogP contribution in [0.2, 0.25) is 5.15 Å². The zero-order valence-corrected chi connectivity index (χ0v) is 14.7. The lowest BCUT2D eigenvalue weighted by molar-refractivity contribution is 0.0644. The molecule has 1 atom stereocenters. The smallest absolute Gasteiger partial charge is 0.170 e. The first-order valence-corrected chi connectivity index (χ1v) is 8.66. The number of fused-ring (bicyclic) bond motifs is 1. The highest BCUT2D eigenvalue weighted by Crippen LogP contribution is 2.29. The molecule has 0 aliphatic carbocycles. The molecule has 0 bridgehead atoms. The van der Waals surface area contributed by atoms with Gasteiger partial charge in [0.25, 0.3) is 0 Å². The highest BCUT2D eigenvalue weighted by atomic mass is 35.5. The first-order valence-electron chi connectivity index (χ1n) is 8.28. The SMILES string of the molecule is F[C@@]1(COc2ccc3c(Nc4ccc(Cl)nc4)nccc3c2)CCOC1. The van der Waals surface area contributed by atoms with Crippen molar-refractivity contribution in [1.82, 2.24) is 9.97 Å². The Kier molecular flexibility index (Phi) is 4.61. The zero-order valence-electron chi connectivity index (χ0n) is 13.9. The van der Waals surface area contributed by atoms with E-state index < -0.39 is 5.67 Å². The lowest BCUT2D eigenvalue weighted by atomic mass is 10.1. The van der Waals surface area contributed by atoms with Crippen molar-refractivity contribution in [3.63, 3.8) is 0 Å². The van der Waals surface area contributed by atoms with Crippen LogP contribution in [-0.2, 0) is 4.74 Å². The second-order valence-electron chi connectivity index (χ2n) is 6.28. The van der Waals surface area contributed by atoms with E-state index in [1.54, 1.807) is 18.5 Å². The van der Waals surface area contributed by atoms with Crippen molar-refractivity contribution in [2.45, 2.75) is 12.1 Å². The van der Waals surface area contributed by atoms with Crippen molar-refractivity contribution in [1.29, 1.82) is 0 Å². The quantitative estimate of drug-likeness (QED) is 0.666. The zero-order chi connectivity index (χ0) is 18.0. The van der Waals surface area contributed by atoms with E-state index in [-0.39, 0.29) is 13.2 Å². The summed E-state index contributed by atoms with van der Waals surface area (Å²) in [6, 6.07) is 11.0. The summed E-state index contributed by atoms with van der Waals surface area (Å²) in [7, 11) is 0. The van der Waals surface area contributed by atoms with Crippen molar-refractivity contribution in [3.8, 4) is 5.75 Å². The third-order valence-electron chi connectivity index (χ3n) is 4.28. The van der Waals surface area contributed by atoms with Crippen LogP contribution in [0.5, 0.6) is 5.75 Å². The van der Waals surface area contributed by atoms with Crippen LogP contribution in [0.15, 0.2) is 48.8 Å². The number of hydrogen-bond donors (Lipinski definition) is 1. The molecule has 1 fully saturated rings. The van der Waals surface area contributed by atoms with E-state index in [0.29, 0.717) is 29.7 Å². The first kappa shape index (κ1) is 17.0. The second kappa shape index (κ2) is 7.05. The molecule has 7 heteroatoms. The number of ether oxygens (including phenoxy) is 2. The van der Waals surface area contributed by atoms with E-state index in [9.17, 15) is 4.39 Å². The van der Waals surface area contributed by atoms with Gasteiger partial charge >= 0.3 is 0 Å². The Morgan fingerprint density at radius 2 is 2.15 bits per heavy atom. The molecular weight excluding hydrogens is 357 g/mol. The Morgan fingerprint density at radius 1 is 1.23 bits per heavy atom. The maximum atomic E-state index is 14.4. The highest BCUT2D eigenvalue weighted by molar-refractivity contribution is 6.29. The lowest BCUT2D eigenvalue weighted by Gasteiger charge is -2.18. The Balaban J connectivity index is 1.54. The Hall–Kier alpha value is -2.44. The lowest BCUT2D eigenvalue weighted by Crippen LogP contribution is -2.31. The Bertz CT molecular complexity index is 914. The second-order valence-corrected chi connectivity index (χ2v) is 6.67. The van der Waals surface area contributed by atoms with Crippen molar-refractivity contribution in [3.05, 3.63) is 53.9 Å². The monoisotopic (exact) mass is 373 g/mol. The maximum Gasteiger partial charge on any atom is 0.170 e. The van der Waals surface area contributed by atoms with E-state index in [1.165, 1.54) is 0 Å². The van der Waals surface area contributed by atoms with Crippen molar-refractivity contribution in [2.75, 3.05) is 25.1 Å². The topological polar surface area (TPSA) is 56.3 Å². The number of rotatable bonds is 5. The minimum absolute atomic E-state index is 0.00879. The standard InChI is InChI=1S/C19H17ClFN3O2/c20-17-4-1-14(10-23-17)24-18-16-3-2-15(9-13(16)5-7-22-18)26-12-19(21)6-8-25-11-19/h1-5,7,9-10H,6,8,11-12H2,(H,22,24)/t19-/m0/s1. The van der Waals surface area contributed by atoms with Crippen molar-refractivity contribution in [2.24, 2.45) is 0 Å². The molecule has 26 heavy (non-hydrogen) atoms. The average Bonchev–Trinajstić information content (AvgIpc) is 3.09. The van der Waals surface area contributed by atoms with Gasteiger partial charge in [0.2, 0.25) is 0 Å². The summed E-state index contributed by atoms with van der Waals surface area (Å²) in [5, 5.41) is 5.53. The molecule has 2 aromatic heterocycles. The summed E-state index contributed by atoms with van der Waals surface area (Å²) in [5.41, 5.74) is -0.614. The van der Waals surface area contributed by atoms with Crippen LogP contribution in [0.25, 0.3) is 10.8 Å². The van der Waals surface area contributed by atoms with E-state index in [0.717, 1.165) is 16.5 Å². The molecule has 1 saturated heterocycles. The summed E-state index contributed by atoms with van der Waals surface area (Å²) >= 11 is 5.81. The number of hydrogen-bond acceptors (Lipinski definition) is 5. The first-order chi connectivity index (χ1) is 12.6. The number of alkyl halides is 1. The Morgan fingerprint density at radius 3 is 2.92 bits per heavy atom.